The molecule has 0 radical (unpaired) electrons. The Kier molecular flexibility index (Phi) is 3.90. The van der Waals surface area contributed by atoms with Crippen molar-refractivity contribution in [1.82, 2.24) is 20.1 Å². The van der Waals surface area contributed by atoms with E-state index in [4.69, 9.17) is 0 Å². The Hall–Kier alpha value is -0.940. The minimum Gasteiger partial charge on any atom is -0.391 e. The summed E-state index contributed by atoms with van der Waals surface area (Å²) in [5.41, 5.74) is 0. The highest BCUT2D eigenvalue weighted by Crippen LogP contribution is 2.18. The normalized spacial score (nSPS) is 17.6. The number of aryl methyl sites for hydroxylation is 1. The van der Waals surface area contributed by atoms with Gasteiger partial charge in [0, 0.05) is 25.6 Å². The molecule has 0 saturated heterocycles. The van der Waals surface area contributed by atoms with Crippen molar-refractivity contribution >= 4 is 0 Å². The second-order valence-electron chi connectivity index (χ2n) is 4.44. The Balaban J connectivity index is 1.79. The van der Waals surface area contributed by atoms with Crippen LogP contribution in [0.5, 0.6) is 0 Å². The molecule has 0 spiro atoms. The third kappa shape index (κ3) is 3.28. The molecule has 1 aromatic rings. The molecule has 16 heavy (non-hydrogen) atoms. The van der Waals surface area contributed by atoms with E-state index < -0.39 is 0 Å². The summed E-state index contributed by atoms with van der Waals surface area (Å²) in [5, 5.41) is 17.3. The van der Waals surface area contributed by atoms with Crippen molar-refractivity contribution in [3.63, 3.8) is 0 Å². The monoisotopic (exact) mass is 224 g/mol. The quantitative estimate of drug-likeness (QED) is 0.701. The van der Waals surface area contributed by atoms with Gasteiger partial charge in [-0.15, -0.1) is 0 Å². The molecule has 2 rings (SSSR count). The highest BCUT2D eigenvalue weighted by Gasteiger charge is 2.21. The van der Waals surface area contributed by atoms with E-state index in [1.807, 2.05) is 4.68 Å². The van der Waals surface area contributed by atoms with Gasteiger partial charge in [-0.25, -0.2) is 4.98 Å². The molecule has 0 bridgehead atoms. The first-order valence-corrected chi connectivity index (χ1v) is 6.07. The molecule has 1 heterocycles. The van der Waals surface area contributed by atoms with Crippen molar-refractivity contribution in [2.24, 2.45) is 0 Å². The van der Waals surface area contributed by atoms with E-state index in [1.165, 1.54) is 12.8 Å². The predicted octanol–water partition coefficient (Wildman–Crippen LogP) is 0.343. The van der Waals surface area contributed by atoms with Crippen molar-refractivity contribution in [2.75, 3.05) is 6.54 Å². The maximum Gasteiger partial charge on any atom is 0.138 e. The average molecular weight is 224 g/mol. The smallest absolute Gasteiger partial charge is 0.138 e. The van der Waals surface area contributed by atoms with Crippen LogP contribution in [0.15, 0.2) is 6.33 Å². The van der Waals surface area contributed by atoms with E-state index in [0.29, 0.717) is 19.0 Å². The highest BCUT2D eigenvalue weighted by molar-refractivity contribution is 4.89. The van der Waals surface area contributed by atoms with Crippen LogP contribution in [-0.4, -0.2) is 38.6 Å². The minimum atomic E-state index is -0.361. The zero-order chi connectivity index (χ0) is 11.4. The molecule has 0 aliphatic heterocycles. The summed E-state index contributed by atoms with van der Waals surface area (Å²) in [4.78, 5) is 4.18. The maximum atomic E-state index is 9.85. The number of hydrogen-bond acceptors (Lipinski definition) is 4. The minimum absolute atomic E-state index is 0.361. The lowest BCUT2D eigenvalue weighted by Crippen LogP contribution is -2.30. The largest absolute Gasteiger partial charge is 0.391 e. The third-order valence-electron chi connectivity index (χ3n) is 2.77. The van der Waals surface area contributed by atoms with Crippen molar-refractivity contribution in [2.45, 2.75) is 51.3 Å². The first-order valence-electron chi connectivity index (χ1n) is 6.07. The second kappa shape index (κ2) is 5.41. The Morgan fingerprint density at radius 2 is 2.44 bits per heavy atom. The zero-order valence-electron chi connectivity index (χ0n) is 9.76. The van der Waals surface area contributed by atoms with Gasteiger partial charge in [0.15, 0.2) is 0 Å². The Morgan fingerprint density at radius 1 is 1.62 bits per heavy atom. The van der Waals surface area contributed by atoms with Gasteiger partial charge in [-0.1, -0.05) is 6.92 Å². The van der Waals surface area contributed by atoms with Crippen LogP contribution in [0.1, 0.15) is 32.0 Å². The van der Waals surface area contributed by atoms with Gasteiger partial charge in [0.25, 0.3) is 0 Å². The molecule has 1 aromatic heterocycles. The van der Waals surface area contributed by atoms with Gasteiger partial charge in [-0.3, -0.25) is 4.68 Å². The topological polar surface area (TPSA) is 63.0 Å². The first kappa shape index (κ1) is 11.5. The number of hydrogen-bond donors (Lipinski definition) is 2. The molecule has 0 aromatic carbocycles. The van der Waals surface area contributed by atoms with Crippen molar-refractivity contribution in [3.05, 3.63) is 12.2 Å². The van der Waals surface area contributed by atoms with E-state index in [2.05, 4.69) is 22.3 Å². The number of aliphatic hydroxyl groups is 1. The third-order valence-corrected chi connectivity index (χ3v) is 2.77. The van der Waals surface area contributed by atoms with Crippen LogP contribution in [0, 0.1) is 0 Å². The molecule has 1 saturated carbocycles. The standard InChI is InChI=1S/C11H20N4O/c1-2-5-15-11(13-8-14-15)6-10(16)7-12-9-3-4-9/h8-10,12,16H,2-7H2,1H3. The number of nitrogens with zero attached hydrogens (tertiary/aromatic N) is 3. The fourth-order valence-corrected chi connectivity index (χ4v) is 1.72. The van der Waals surface area contributed by atoms with Crippen LogP contribution in [0.4, 0.5) is 0 Å². The van der Waals surface area contributed by atoms with E-state index >= 15 is 0 Å². The summed E-state index contributed by atoms with van der Waals surface area (Å²) >= 11 is 0. The molecule has 5 nitrogen and oxygen atoms in total. The van der Waals surface area contributed by atoms with Gasteiger partial charge < -0.3 is 10.4 Å². The van der Waals surface area contributed by atoms with Gasteiger partial charge in [0.2, 0.25) is 0 Å². The molecule has 0 amide bonds. The number of aromatic nitrogens is 3. The molecular formula is C11H20N4O. The van der Waals surface area contributed by atoms with Gasteiger partial charge in [0.1, 0.15) is 12.2 Å². The summed E-state index contributed by atoms with van der Waals surface area (Å²) < 4.78 is 1.88. The second-order valence-corrected chi connectivity index (χ2v) is 4.44. The molecule has 90 valence electrons. The van der Waals surface area contributed by atoms with Gasteiger partial charge in [0.05, 0.1) is 6.10 Å². The van der Waals surface area contributed by atoms with E-state index in [-0.39, 0.29) is 6.10 Å². The van der Waals surface area contributed by atoms with Crippen LogP contribution in [-0.2, 0) is 13.0 Å². The molecule has 5 heteroatoms. The SMILES string of the molecule is CCCn1ncnc1CC(O)CNC1CC1. The van der Waals surface area contributed by atoms with Crippen LogP contribution in [0.2, 0.25) is 0 Å². The van der Waals surface area contributed by atoms with Crippen molar-refractivity contribution < 1.29 is 5.11 Å². The fourth-order valence-electron chi connectivity index (χ4n) is 1.72. The summed E-state index contributed by atoms with van der Waals surface area (Å²) in [7, 11) is 0. The summed E-state index contributed by atoms with van der Waals surface area (Å²) in [6.45, 7) is 3.64. The van der Waals surface area contributed by atoms with Crippen LogP contribution < -0.4 is 5.32 Å². The summed E-state index contributed by atoms with van der Waals surface area (Å²) in [6, 6.07) is 0.642. The molecule has 2 N–H and O–H groups in total. The van der Waals surface area contributed by atoms with E-state index in [9.17, 15) is 5.11 Å². The summed E-state index contributed by atoms with van der Waals surface area (Å²) in [6.07, 6.45) is 5.32. The van der Waals surface area contributed by atoms with Gasteiger partial charge in [-0.05, 0) is 19.3 Å². The molecule has 1 atom stereocenters. The summed E-state index contributed by atoms with van der Waals surface area (Å²) in [5.74, 6) is 0.881. The Labute approximate surface area is 95.9 Å². The Morgan fingerprint density at radius 3 is 3.12 bits per heavy atom. The molecule has 1 aliphatic carbocycles. The lowest BCUT2D eigenvalue weighted by molar-refractivity contribution is 0.167. The number of rotatable bonds is 7. The number of nitrogens with one attached hydrogen (secondary N) is 1. The van der Waals surface area contributed by atoms with Gasteiger partial charge in [-0.2, -0.15) is 5.10 Å². The molecule has 1 aliphatic rings. The number of aliphatic hydroxyl groups excluding tert-OH is 1. The predicted molar refractivity (Wildman–Crippen MR) is 61.0 cm³/mol. The fraction of sp³-hybridized carbons (Fsp3) is 0.818. The average Bonchev–Trinajstić information content (AvgIpc) is 3.00. The van der Waals surface area contributed by atoms with Crippen molar-refractivity contribution in [3.8, 4) is 0 Å². The molecule has 1 unspecified atom stereocenters. The maximum absolute atomic E-state index is 9.85. The van der Waals surface area contributed by atoms with E-state index in [1.54, 1.807) is 6.33 Å². The van der Waals surface area contributed by atoms with Crippen LogP contribution in [0.3, 0.4) is 0 Å². The van der Waals surface area contributed by atoms with Gasteiger partial charge >= 0.3 is 0 Å². The lowest BCUT2D eigenvalue weighted by Gasteiger charge is -2.11. The van der Waals surface area contributed by atoms with Crippen LogP contribution >= 0.6 is 0 Å². The first-order chi connectivity index (χ1) is 7.79. The molecule has 1 fully saturated rings. The van der Waals surface area contributed by atoms with Crippen molar-refractivity contribution in [1.29, 1.82) is 0 Å². The zero-order valence-corrected chi connectivity index (χ0v) is 9.76. The Bertz CT molecular complexity index is 322. The molecular weight excluding hydrogens is 204 g/mol. The van der Waals surface area contributed by atoms with Crippen LogP contribution in [0.25, 0.3) is 0 Å². The lowest BCUT2D eigenvalue weighted by atomic mass is 10.2. The highest BCUT2D eigenvalue weighted by atomic mass is 16.3. The van der Waals surface area contributed by atoms with E-state index in [0.717, 1.165) is 18.8 Å².